The Hall–Kier alpha value is -1.10. The molecule has 5 heteroatoms. The Labute approximate surface area is 78.7 Å². The van der Waals surface area contributed by atoms with Crippen LogP contribution in [0.25, 0.3) is 0 Å². The van der Waals surface area contributed by atoms with Gasteiger partial charge in [-0.25, -0.2) is 9.71 Å². The zero-order valence-corrected chi connectivity index (χ0v) is 7.18. The highest BCUT2D eigenvalue weighted by atomic mass is 19.4. The van der Waals surface area contributed by atoms with Crippen LogP contribution in [0.1, 0.15) is 11.7 Å². The highest BCUT2D eigenvalue weighted by Gasteiger charge is 2.27. The summed E-state index contributed by atoms with van der Waals surface area (Å²) in [6.07, 6.45) is -6.17. The monoisotopic (exact) mass is 207 g/mol. The molecule has 1 atom stereocenters. The molecule has 1 nitrogen and oxygen atoms in total. The number of hydrogen-bond acceptors (Lipinski definition) is 1. The summed E-state index contributed by atoms with van der Waals surface area (Å²) in [5.41, 5.74) is 0.240. The Morgan fingerprint density at radius 2 is 1.71 bits per heavy atom. The summed E-state index contributed by atoms with van der Waals surface area (Å²) in [6, 6.07) is 7.73. The van der Waals surface area contributed by atoms with E-state index in [0.717, 1.165) is 5.32 Å². The van der Waals surface area contributed by atoms with Gasteiger partial charge in [-0.3, -0.25) is 0 Å². The summed E-state index contributed by atoms with van der Waals surface area (Å²) in [7, 11) is 0. The summed E-state index contributed by atoms with van der Waals surface area (Å²) >= 11 is 0. The average Bonchev–Trinajstić information content (AvgIpc) is 2.14. The third kappa shape index (κ3) is 3.74. The first-order valence-electron chi connectivity index (χ1n) is 4.00. The van der Waals surface area contributed by atoms with Crippen molar-refractivity contribution in [2.45, 2.75) is 12.5 Å². The second-order valence-electron chi connectivity index (χ2n) is 2.76. The van der Waals surface area contributed by atoms with E-state index < -0.39 is 19.0 Å². The second-order valence-corrected chi connectivity index (χ2v) is 2.76. The summed E-state index contributed by atoms with van der Waals surface area (Å²) in [5.74, 6) is 0. The molecule has 0 aliphatic rings. The number of halogens is 4. The maximum Gasteiger partial charge on any atom is 0.457 e. The first kappa shape index (κ1) is 11.0. The Bertz CT molecular complexity index is 270. The van der Waals surface area contributed by atoms with Crippen molar-refractivity contribution in [3.05, 3.63) is 35.9 Å². The summed E-state index contributed by atoms with van der Waals surface area (Å²) in [4.78, 5) is 0. The SMILES string of the molecule is F[C@H](CNC(F)(F)F)c1ccccc1. The van der Waals surface area contributed by atoms with E-state index in [9.17, 15) is 17.6 Å². The highest BCUT2D eigenvalue weighted by molar-refractivity contribution is 5.17. The molecule has 0 fully saturated rings. The van der Waals surface area contributed by atoms with Crippen molar-refractivity contribution in [3.8, 4) is 0 Å². The van der Waals surface area contributed by atoms with Gasteiger partial charge >= 0.3 is 6.30 Å². The molecule has 1 aromatic rings. The third-order valence-corrected chi connectivity index (χ3v) is 1.64. The Balaban J connectivity index is 2.48. The highest BCUT2D eigenvalue weighted by Crippen LogP contribution is 2.18. The van der Waals surface area contributed by atoms with Gasteiger partial charge in [0.25, 0.3) is 0 Å². The standard InChI is InChI=1S/C9H9F4N/c10-8(6-14-9(11,12)13)7-4-2-1-3-5-7/h1-5,8,14H,6H2/t8-/m1/s1. The Morgan fingerprint density at radius 1 is 1.14 bits per heavy atom. The van der Waals surface area contributed by atoms with Gasteiger partial charge in [0.15, 0.2) is 0 Å². The lowest BCUT2D eigenvalue weighted by Crippen LogP contribution is -2.34. The topological polar surface area (TPSA) is 12.0 Å². The van der Waals surface area contributed by atoms with E-state index in [1.54, 1.807) is 18.2 Å². The minimum absolute atomic E-state index is 0.240. The molecule has 1 rings (SSSR count). The van der Waals surface area contributed by atoms with Crippen molar-refractivity contribution in [2.24, 2.45) is 0 Å². The fourth-order valence-electron chi connectivity index (χ4n) is 0.985. The van der Waals surface area contributed by atoms with E-state index in [1.165, 1.54) is 12.1 Å². The van der Waals surface area contributed by atoms with Gasteiger partial charge < -0.3 is 0 Å². The van der Waals surface area contributed by atoms with Crippen molar-refractivity contribution in [2.75, 3.05) is 6.54 Å². The number of alkyl halides is 4. The van der Waals surface area contributed by atoms with E-state index >= 15 is 0 Å². The molecular weight excluding hydrogens is 198 g/mol. The molecular formula is C9H9F4N. The lowest BCUT2D eigenvalue weighted by Gasteiger charge is -2.11. The molecule has 0 unspecified atom stereocenters. The van der Waals surface area contributed by atoms with Crippen LogP contribution >= 0.6 is 0 Å². The van der Waals surface area contributed by atoms with Crippen molar-refractivity contribution in [1.82, 2.24) is 5.32 Å². The van der Waals surface area contributed by atoms with Gasteiger partial charge in [-0.05, 0) is 5.56 Å². The minimum atomic E-state index is -4.53. The predicted octanol–water partition coefficient (Wildman–Crippen LogP) is 2.81. The normalized spacial score (nSPS) is 14.0. The first-order valence-corrected chi connectivity index (χ1v) is 4.00. The summed E-state index contributed by atoms with van der Waals surface area (Å²) in [6.45, 7) is -0.756. The van der Waals surface area contributed by atoms with E-state index in [2.05, 4.69) is 0 Å². The number of hydrogen-bond donors (Lipinski definition) is 1. The molecule has 0 saturated heterocycles. The van der Waals surface area contributed by atoms with Crippen LogP contribution in [-0.2, 0) is 0 Å². The van der Waals surface area contributed by atoms with Gasteiger partial charge in [0.2, 0.25) is 0 Å². The maximum absolute atomic E-state index is 13.1. The molecule has 0 heterocycles. The summed E-state index contributed by atoms with van der Waals surface area (Å²) in [5, 5.41) is 1.15. The fraction of sp³-hybridized carbons (Fsp3) is 0.333. The van der Waals surface area contributed by atoms with Gasteiger partial charge in [-0.15, -0.1) is 0 Å². The van der Waals surface area contributed by atoms with Crippen LogP contribution < -0.4 is 5.32 Å². The lowest BCUT2D eigenvalue weighted by molar-refractivity contribution is -0.159. The van der Waals surface area contributed by atoms with E-state index in [-0.39, 0.29) is 5.56 Å². The predicted molar refractivity (Wildman–Crippen MR) is 44.3 cm³/mol. The quantitative estimate of drug-likeness (QED) is 0.593. The smallest absolute Gasteiger partial charge is 0.241 e. The number of rotatable bonds is 3. The fourth-order valence-corrected chi connectivity index (χ4v) is 0.985. The molecule has 0 spiro atoms. The molecule has 0 bridgehead atoms. The average molecular weight is 207 g/mol. The first-order chi connectivity index (χ1) is 6.49. The van der Waals surface area contributed by atoms with Gasteiger partial charge in [0, 0.05) is 6.54 Å². The molecule has 0 amide bonds. The van der Waals surface area contributed by atoms with Crippen LogP contribution in [0.3, 0.4) is 0 Å². The van der Waals surface area contributed by atoms with Gasteiger partial charge in [0.1, 0.15) is 6.17 Å². The zero-order valence-electron chi connectivity index (χ0n) is 7.18. The van der Waals surface area contributed by atoms with Crippen LogP contribution in [0, 0.1) is 0 Å². The molecule has 78 valence electrons. The van der Waals surface area contributed by atoms with Crippen LogP contribution in [0.15, 0.2) is 30.3 Å². The van der Waals surface area contributed by atoms with E-state index in [0.29, 0.717) is 0 Å². The van der Waals surface area contributed by atoms with Gasteiger partial charge in [-0.1, -0.05) is 30.3 Å². The van der Waals surface area contributed by atoms with Crippen molar-refractivity contribution in [3.63, 3.8) is 0 Å². The molecule has 0 radical (unpaired) electrons. The molecule has 0 saturated carbocycles. The van der Waals surface area contributed by atoms with Crippen molar-refractivity contribution in [1.29, 1.82) is 0 Å². The third-order valence-electron chi connectivity index (χ3n) is 1.64. The Morgan fingerprint density at radius 3 is 2.21 bits per heavy atom. The largest absolute Gasteiger partial charge is 0.457 e. The minimum Gasteiger partial charge on any atom is -0.241 e. The second kappa shape index (κ2) is 4.41. The van der Waals surface area contributed by atoms with Crippen LogP contribution in [0.2, 0.25) is 0 Å². The van der Waals surface area contributed by atoms with Crippen molar-refractivity contribution >= 4 is 0 Å². The number of benzene rings is 1. The van der Waals surface area contributed by atoms with Crippen LogP contribution in [-0.4, -0.2) is 12.8 Å². The van der Waals surface area contributed by atoms with Gasteiger partial charge in [0.05, 0.1) is 0 Å². The summed E-state index contributed by atoms with van der Waals surface area (Å²) < 4.78 is 48.1. The Kier molecular flexibility index (Phi) is 3.46. The molecule has 1 N–H and O–H groups in total. The van der Waals surface area contributed by atoms with Crippen molar-refractivity contribution < 1.29 is 17.6 Å². The maximum atomic E-state index is 13.1. The molecule has 14 heavy (non-hydrogen) atoms. The van der Waals surface area contributed by atoms with Crippen LogP contribution in [0.4, 0.5) is 17.6 Å². The molecule has 0 aliphatic carbocycles. The van der Waals surface area contributed by atoms with Crippen LogP contribution in [0.5, 0.6) is 0 Å². The lowest BCUT2D eigenvalue weighted by atomic mass is 10.1. The molecule has 1 aromatic carbocycles. The zero-order chi connectivity index (χ0) is 10.6. The number of nitrogens with one attached hydrogen (secondary N) is 1. The molecule has 0 aliphatic heterocycles. The van der Waals surface area contributed by atoms with E-state index in [4.69, 9.17) is 0 Å². The van der Waals surface area contributed by atoms with E-state index in [1.807, 2.05) is 0 Å². The van der Waals surface area contributed by atoms with Gasteiger partial charge in [-0.2, -0.15) is 13.2 Å². The molecule has 0 aromatic heterocycles.